The molecule has 7 heteroatoms. The van der Waals surface area contributed by atoms with Gasteiger partial charge >= 0.3 is 5.97 Å². The lowest BCUT2D eigenvalue weighted by Crippen LogP contribution is -2.18. The van der Waals surface area contributed by atoms with E-state index in [9.17, 15) is 4.79 Å². The van der Waals surface area contributed by atoms with Crippen LogP contribution in [0.5, 0.6) is 0 Å². The van der Waals surface area contributed by atoms with Crippen molar-refractivity contribution in [3.63, 3.8) is 0 Å². The molecule has 0 saturated carbocycles. The number of anilines is 1. The Morgan fingerprint density at radius 2 is 2.21 bits per heavy atom. The van der Waals surface area contributed by atoms with E-state index in [-0.39, 0.29) is 5.97 Å². The van der Waals surface area contributed by atoms with Gasteiger partial charge in [-0.1, -0.05) is 6.07 Å². The first-order valence-electron chi connectivity index (χ1n) is 7.63. The van der Waals surface area contributed by atoms with Crippen molar-refractivity contribution in [2.45, 2.75) is 20.4 Å². The van der Waals surface area contributed by atoms with E-state index >= 15 is 0 Å². The molecule has 3 rings (SSSR count). The van der Waals surface area contributed by atoms with Gasteiger partial charge in [0.25, 0.3) is 0 Å². The highest BCUT2D eigenvalue weighted by molar-refractivity contribution is 7.20. The zero-order valence-electron chi connectivity index (χ0n) is 13.8. The first-order chi connectivity index (χ1) is 11.6. The third kappa shape index (κ3) is 3.07. The molecule has 0 N–H and O–H groups in total. The number of ether oxygens (including phenoxy) is 1. The second-order valence-electron chi connectivity index (χ2n) is 5.37. The van der Waals surface area contributed by atoms with Crippen molar-refractivity contribution in [3.05, 3.63) is 46.9 Å². The Kier molecular flexibility index (Phi) is 4.71. The summed E-state index contributed by atoms with van der Waals surface area (Å²) in [6.07, 6.45) is 5.11. The lowest BCUT2D eigenvalue weighted by atomic mass is 10.2. The third-order valence-electron chi connectivity index (χ3n) is 3.67. The molecule has 124 valence electrons. The van der Waals surface area contributed by atoms with Gasteiger partial charge < -0.3 is 9.64 Å². The maximum absolute atomic E-state index is 12.1. The van der Waals surface area contributed by atoms with Crippen LogP contribution in [0.3, 0.4) is 0 Å². The molecule has 3 heterocycles. The molecule has 3 aromatic heterocycles. The summed E-state index contributed by atoms with van der Waals surface area (Å²) in [7, 11) is 1.97. The number of fused-ring (bicyclic) bond motifs is 1. The van der Waals surface area contributed by atoms with Crippen LogP contribution in [0.25, 0.3) is 10.2 Å². The number of carbonyl (C=O) groups is 1. The monoisotopic (exact) mass is 342 g/mol. The second-order valence-corrected chi connectivity index (χ2v) is 6.37. The fraction of sp³-hybridized carbons (Fsp3) is 0.294. The Morgan fingerprint density at radius 1 is 1.38 bits per heavy atom. The smallest absolute Gasteiger partial charge is 0.348 e. The van der Waals surface area contributed by atoms with Crippen LogP contribution in [0.1, 0.15) is 27.7 Å². The summed E-state index contributed by atoms with van der Waals surface area (Å²) >= 11 is 1.35. The summed E-state index contributed by atoms with van der Waals surface area (Å²) < 4.78 is 5.14. The molecular weight excluding hydrogens is 324 g/mol. The van der Waals surface area contributed by atoms with Crippen LogP contribution in [0.2, 0.25) is 0 Å². The standard InChI is InChI=1S/C17H18N4O2S/c1-4-23-17(22)14-11(2)13-15(19-10-20-16(13)24-14)21(3)9-12-6-5-7-18-8-12/h5-8,10H,4,9H2,1-3H3. The maximum atomic E-state index is 12.1. The van der Waals surface area contributed by atoms with Gasteiger partial charge in [-0.05, 0) is 31.0 Å². The van der Waals surface area contributed by atoms with Gasteiger partial charge in [-0.15, -0.1) is 11.3 Å². The normalized spacial score (nSPS) is 10.8. The van der Waals surface area contributed by atoms with Gasteiger partial charge in [0, 0.05) is 26.0 Å². The molecule has 6 nitrogen and oxygen atoms in total. The minimum atomic E-state index is -0.307. The Hall–Kier alpha value is -2.54. The molecule has 24 heavy (non-hydrogen) atoms. The van der Waals surface area contributed by atoms with Crippen molar-refractivity contribution in [1.29, 1.82) is 0 Å². The molecule has 0 radical (unpaired) electrons. The summed E-state index contributed by atoms with van der Waals surface area (Å²) in [6.45, 7) is 4.74. The summed E-state index contributed by atoms with van der Waals surface area (Å²) in [6, 6.07) is 3.93. The molecule has 0 bridgehead atoms. The van der Waals surface area contributed by atoms with E-state index in [1.54, 1.807) is 13.1 Å². The van der Waals surface area contributed by atoms with Crippen LogP contribution in [0.4, 0.5) is 5.82 Å². The van der Waals surface area contributed by atoms with Gasteiger partial charge in [0.2, 0.25) is 0 Å². The molecule has 3 aromatic rings. The summed E-state index contributed by atoms with van der Waals surface area (Å²) in [5.74, 6) is 0.493. The number of thiophene rings is 1. The van der Waals surface area contributed by atoms with Crippen LogP contribution in [0.15, 0.2) is 30.9 Å². The van der Waals surface area contributed by atoms with Crippen molar-refractivity contribution in [3.8, 4) is 0 Å². The molecule has 0 atom stereocenters. The molecule has 0 aromatic carbocycles. The highest BCUT2D eigenvalue weighted by Gasteiger charge is 2.21. The van der Waals surface area contributed by atoms with Crippen molar-refractivity contribution in [2.75, 3.05) is 18.6 Å². The van der Waals surface area contributed by atoms with E-state index < -0.39 is 0 Å². The zero-order valence-corrected chi connectivity index (χ0v) is 14.6. The summed E-state index contributed by atoms with van der Waals surface area (Å²) in [4.78, 5) is 28.4. The van der Waals surface area contributed by atoms with Crippen LogP contribution in [0, 0.1) is 6.92 Å². The van der Waals surface area contributed by atoms with Gasteiger partial charge in [0.1, 0.15) is 21.9 Å². The fourth-order valence-electron chi connectivity index (χ4n) is 2.57. The zero-order chi connectivity index (χ0) is 17.1. The van der Waals surface area contributed by atoms with Crippen molar-refractivity contribution >= 4 is 33.3 Å². The molecule has 0 saturated heterocycles. The Bertz CT molecular complexity index is 864. The number of aryl methyl sites for hydroxylation is 1. The number of rotatable bonds is 5. The topological polar surface area (TPSA) is 68.2 Å². The number of esters is 1. The SMILES string of the molecule is CCOC(=O)c1sc2ncnc(N(C)Cc3cccnc3)c2c1C. The Morgan fingerprint density at radius 3 is 2.92 bits per heavy atom. The number of carbonyl (C=O) groups excluding carboxylic acids is 1. The van der Waals surface area contributed by atoms with Crippen LogP contribution < -0.4 is 4.90 Å². The predicted octanol–water partition coefficient (Wildman–Crippen LogP) is 3.21. The van der Waals surface area contributed by atoms with Crippen LogP contribution in [-0.2, 0) is 11.3 Å². The lowest BCUT2D eigenvalue weighted by Gasteiger charge is -2.19. The van der Waals surface area contributed by atoms with Crippen molar-refractivity contribution < 1.29 is 9.53 Å². The van der Waals surface area contributed by atoms with Crippen LogP contribution >= 0.6 is 11.3 Å². The number of aromatic nitrogens is 3. The Labute approximate surface area is 144 Å². The number of hydrogen-bond donors (Lipinski definition) is 0. The number of nitrogens with zero attached hydrogens (tertiary/aromatic N) is 4. The van der Waals surface area contributed by atoms with E-state index in [0.717, 1.165) is 27.2 Å². The van der Waals surface area contributed by atoms with E-state index in [0.29, 0.717) is 18.0 Å². The van der Waals surface area contributed by atoms with E-state index in [1.807, 2.05) is 37.2 Å². The van der Waals surface area contributed by atoms with Crippen molar-refractivity contribution in [1.82, 2.24) is 15.0 Å². The Balaban J connectivity index is 2.00. The number of hydrogen-bond acceptors (Lipinski definition) is 7. The average molecular weight is 342 g/mol. The maximum Gasteiger partial charge on any atom is 0.348 e. The highest BCUT2D eigenvalue weighted by atomic mass is 32.1. The third-order valence-corrected chi connectivity index (χ3v) is 4.85. The molecule has 0 fully saturated rings. The first-order valence-corrected chi connectivity index (χ1v) is 8.44. The van der Waals surface area contributed by atoms with Gasteiger partial charge in [0.05, 0.1) is 12.0 Å². The molecule has 0 unspecified atom stereocenters. The largest absolute Gasteiger partial charge is 0.462 e. The predicted molar refractivity (Wildman–Crippen MR) is 94.5 cm³/mol. The van der Waals surface area contributed by atoms with E-state index in [1.165, 1.54) is 17.7 Å². The van der Waals surface area contributed by atoms with Crippen LogP contribution in [-0.4, -0.2) is 34.6 Å². The average Bonchev–Trinajstić information content (AvgIpc) is 2.93. The molecule has 0 amide bonds. The van der Waals surface area contributed by atoms with Gasteiger partial charge in [0.15, 0.2) is 0 Å². The molecular formula is C17H18N4O2S. The fourth-order valence-corrected chi connectivity index (χ4v) is 3.61. The van der Waals surface area contributed by atoms with E-state index in [2.05, 4.69) is 15.0 Å². The summed E-state index contributed by atoms with van der Waals surface area (Å²) in [5, 5.41) is 0.900. The summed E-state index contributed by atoms with van der Waals surface area (Å²) in [5.41, 5.74) is 1.95. The van der Waals surface area contributed by atoms with Gasteiger partial charge in [-0.2, -0.15) is 0 Å². The van der Waals surface area contributed by atoms with Gasteiger partial charge in [-0.3, -0.25) is 4.98 Å². The minimum absolute atomic E-state index is 0.307. The number of pyridine rings is 1. The molecule has 0 aliphatic heterocycles. The minimum Gasteiger partial charge on any atom is -0.462 e. The highest BCUT2D eigenvalue weighted by Crippen LogP contribution is 2.35. The molecule has 0 spiro atoms. The molecule has 0 aliphatic rings. The van der Waals surface area contributed by atoms with Gasteiger partial charge in [-0.25, -0.2) is 14.8 Å². The van der Waals surface area contributed by atoms with E-state index in [4.69, 9.17) is 4.74 Å². The lowest BCUT2D eigenvalue weighted by molar-refractivity contribution is 0.0531. The molecule has 0 aliphatic carbocycles. The van der Waals surface area contributed by atoms with Crippen molar-refractivity contribution in [2.24, 2.45) is 0 Å². The second kappa shape index (κ2) is 6.92. The quantitative estimate of drug-likeness (QED) is 0.663. The first kappa shape index (κ1) is 16.3.